The van der Waals surface area contributed by atoms with Crippen molar-refractivity contribution in [3.8, 4) is 0 Å². The summed E-state index contributed by atoms with van der Waals surface area (Å²) in [6.07, 6.45) is 1.04. The van der Waals surface area contributed by atoms with Crippen LogP contribution in [0.4, 0.5) is 0 Å². The molecule has 16 heavy (non-hydrogen) atoms. The van der Waals surface area contributed by atoms with Gasteiger partial charge in [0.2, 0.25) is 6.04 Å². The van der Waals surface area contributed by atoms with Gasteiger partial charge in [-0.25, -0.2) is 5.43 Å². The fourth-order valence-corrected chi connectivity index (χ4v) is 2.87. The van der Waals surface area contributed by atoms with Gasteiger partial charge in [-0.15, -0.1) is 0 Å². The van der Waals surface area contributed by atoms with Gasteiger partial charge in [-0.3, -0.25) is 0 Å². The first-order valence-corrected chi connectivity index (χ1v) is 6.23. The van der Waals surface area contributed by atoms with Crippen molar-refractivity contribution in [2.45, 2.75) is 45.4 Å². The highest BCUT2D eigenvalue weighted by Gasteiger charge is 2.52. The fourth-order valence-electron chi connectivity index (χ4n) is 2.87. The second-order valence-corrected chi connectivity index (χ2v) is 5.44. The molecule has 0 radical (unpaired) electrons. The van der Waals surface area contributed by atoms with Gasteiger partial charge in [0.25, 0.3) is 6.17 Å². The van der Waals surface area contributed by atoms with E-state index in [1.54, 1.807) is 0 Å². The summed E-state index contributed by atoms with van der Waals surface area (Å²) in [6.45, 7) is 7.82. The maximum absolute atomic E-state index is 11.9. The Morgan fingerprint density at radius 1 is 1.56 bits per heavy atom. The van der Waals surface area contributed by atoms with Crippen LogP contribution in [0.1, 0.15) is 27.2 Å². The zero-order chi connectivity index (χ0) is 11.9. The maximum atomic E-state index is 11.9. The van der Waals surface area contributed by atoms with Crippen molar-refractivity contribution in [3.63, 3.8) is 0 Å². The molecule has 0 aromatic carbocycles. The molecule has 0 aromatic heterocycles. The average Bonchev–Trinajstić information content (AvgIpc) is 2.54. The van der Waals surface area contributed by atoms with E-state index in [1.807, 2.05) is 6.92 Å². The first-order valence-electron chi connectivity index (χ1n) is 6.23. The molecule has 0 aromatic rings. The lowest BCUT2D eigenvalue weighted by Crippen LogP contribution is -2.59. The van der Waals surface area contributed by atoms with Crippen molar-refractivity contribution in [2.75, 3.05) is 13.1 Å². The number of nitrogens with one attached hydrogen (secondary N) is 1. The van der Waals surface area contributed by atoms with Crippen molar-refractivity contribution in [3.05, 3.63) is 4.91 Å². The third-order valence-electron chi connectivity index (χ3n) is 4.00. The summed E-state index contributed by atoms with van der Waals surface area (Å²) >= 11 is 0. The van der Waals surface area contributed by atoms with Gasteiger partial charge in [-0.05, 0) is 18.9 Å². The van der Waals surface area contributed by atoms with Crippen LogP contribution >= 0.6 is 0 Å². The highest BCUT2D eigenvalue weighted by molar-refractivity contribution is 4.86. The quantitative estimate of drug-likeness (QED) is 0.666. The van der Waals surface area contributed by atoms with Gasteiger partial charge in [-0.2, -0.15) is 5.01 Å². The fraction of sp³-hybridized carbons (Fsp3) is 1.00. The SMILES string of the molecule is CC(CN)C1CC(C)C2N(CC(C)[N+]2=O)N1. The Balaban J connectivity index is 2.09. The maximum Gasteiger partial charge on any atom is 0.272 e. The van der Waals surface area contributed by atoms with Crippen LogP contribution in [-0.2, 0) is 0 Å². The topological polar surface area (TPSA) is 61.4 Å². The number of nitrogens with zero attached hydrogens (tertiary/aromatic N) is 2. The Labute approximate surface area is 96.9 Å². The lowest BCUT2D eigenvalue weighted by Gasteiger charge is -2.37. The highest BCUT2D eigenvalue weighted by atomic mass is 16.3. The zero-order valence-electron chi connectivity index (χ0n) is 10.4. The van der Waals surface area contributed by atoms with Crippen LogP contribution in [0.5, 0.6) is 0 Å². The number of hydrogen-bond donors (Lipinski definition) is 2. The van der Waals surface area contributed by atoms with Crippen LogP contribution in [0.25, 0.3) is 0 Å². The van der Waals surface area contributed by atoms with Gasteiger partial charge in [0.15, 0.2) is 0 Å². The van der Waals surface area contributed by atoms with E-state index < -0.39 is 0 Å². The molecule has 2 heterocycles. The van der Waals surface area contributed by atoms with Gasteiger partial charge in [0.05, 0.1) is 6.54 Å². The summed E-state index contributed by atoms with van der Waals surface area (Å²) in [4.78, 5) is 11.9. The molecule has 0 saturated carbocycles. The van der Waals surface area contributed by atoms with Crippen LogP contribution in [-0.4, -0.2) is 41.1 Å². The Hall–Kier alpha value is -0.520. The van der Waals surface area contributed by atoms with Crippen molar-refractivity contribution in [2.24, 2.45) is 17.6 Å². The van der Waals surface area contributed by atoms with Crippen LogP contribution in [0.3, 0.4) is 0 Å². The smallest absolute Gasteiger partial charge is 0.272 e. The normalized spacial score (nSPS) is 42.1. The molecule has 2 rings (SSSR count). The summed E-state index contributed by atoms with van der Waals surface area (Å²) in [6, 6.07) is 0.502. The number of nitroso groups, excluding NO2 is 1. The molecule has 5 nitrogen and oxygen atoms in total. The lowest BCUT2D eigenvalue weighted by molar-refractivity contribution is -0.615. The van der Waals surface area contributed by atoms with Crippen LogP contribution in [0.15, 0.2) is 0 Å². The minimum absolute atomic E-state index is 0.0104. The van der Waals surface area contributed by atoms with E-state index in [0.717, 1.165) is 13.0 Å². The molecule has 2 aliphatic heterocycles. The largest absolute Gasteiger partial charge is 0.330 e. The molecule has 0 amide bonds. The average molecular weight is 227 g/mol. The monoisotopic (exact) mass is 227 g/mol. The summed E-state index contributed by atoms with van der Waals surface area (Å²) in [7, 11) is 0. The van der Waals surface area contributed by atoms with Crippen molar-refractivity contribution < 1.29 is 4.76 Å². The Kier molecular flexibility index (Phi) is 3.28. The first-order chi connectivity index (χ1) is 7.54. The molecule has 5 atom stereocenters. The second-order valence-electron chi connectivity index (χ2n) is 5.44. The standard InChI is InChI=1S/C11H23N4O/c1-7-4-10(8(2)5-12)13-14-6-9(3)15(16)11(7)14/h7-11,13H,4-6,12H2,1-3H3/q+1. The molecule has 2 aliphatic rings. The summed E-state index contributed by atoms with van der Waals surface area (Å²) in [5.74, 6) is 0.863. The van der Waals surface area contributed by atoms with E-state index in [1.165, 1.54) is 4.76 Å². The van der Waals surface area contributed by atoms with Crippen LogP contribution < -0.4 is 11.2 Å². The van der Waals surface area contributed by atoms with Crippen molar-refractivity contribution in [1.29, 1.82) is 0 Å². The van der Waals surface area contributed by atoms with E-state index in [4.69, 9.17) is 5.73 Å². The summed E-state index contributed by atoms with van der Waals surface area (Å²) in [5.41, 5.74) is 9.18. The van der Waals surface area contributed by atoms with Crippen LogP contribution in [0, 0.1) is 16.7 Å². The molecule has 5 heteroatoms. The van der Waals surface area contributed by atoms with Gasteiger partial charge in [-0.1, -0.05) is 13.8 Å². The van der Waals surface area contributed by atoms with E-state index in [0.29, 0.717) is 24.4 Å². The Morgan fingerprint density at radius 3 is 2.88 bits per heavy atom. The Morgan fingerprint density at radius 2 is 2.25 bits per heavy atom. The van der Waals surface area contributed by atoms with E-state index >= 15 is 0 Å². The van der Waals surface area contributed by atoms with Gasteiger partial charge in [0, 0.05) is 28.6 Å². The van der Waals surface area contributed by atoms with Gasteiger partial charge >= 0.3 is 0 Å². The third-order valence-corrected chi connectivity index (χ3v) is 4.00. The molecule has 0 spiro atoms. The van der Waals surface area contributed by atoms with Crippen molar-refractivity contribution >= 4 is 0 Å². The van der Waals surface area contributed by atoms with Gasteiger partial charge in [0.1, 0.15) is 0 Å². The highest BCUT2D eigenvalue weighted by Crippen LogP contribution is 2.29. The minimum atomic E-state index is 0.0104. The third kappa shape index (κ3) is 1.87. The zero-order valence-corrected chi connectivity index (χ0v) is 10.4. The molecule has 0 aliphatic carbocycles. The predicted molar refractivity (Wildman–Crippen MR) is 62.5 cm³/mol. The molecule has 92 valence electrons. The predicted octanol–water partition coefficient (Wildman–Crippen LogP) is 0.303. The van der Waals surface area contributed by atoms with E-state index in [2.05, 4.69) is 24.3 Å². The molecule has 0 bridgehead atoms. The summed E-state index contributed by atoms with van der Waals surface area (Å²) in [5, 5.41) is 2.11. The van der Waals surface area contributed by atoms with E-state index in [9.17, 15) is 4.91 Å². The first kappa shape index (κ1) is 12.0. The summed E-state index contributed by atoms with van der Waals surface area (Å²) < 4.78 is 1.24. The Bertz CT molecular complexity index is 283. The second kappa shape index (κ2) is 4.39. The minimum Gasteiger partial charge on any atom is -0.330 e. The molecule has 2 saturated heterocycles. The van der Waals surface area contributed by atoms with Crippen LogP contribution in [0.2, 0.25) is 0 Å². The number of hydrazine groups is 1. The molecule has 3 N–H and O–H groups in total. The number of hydrogen-bond acceptors (Lipinski definition) is 4. The van der Waals surface area contributed by atoms with Crippen molar-refractivity contribution in [1.82, 2.24) is 10.4 Å². The molecular weight excluding hydrogens is 204 g/mol. The molecular formula is C11H23N4O+. The number of rotatable bonds is 2. The molecule has 5 unspecified atom stereocenters. The van der Waals surface area contributed by atoms with E-state index in [-0.39, 0.29) is 12.2 Å². The molecule has 2 fully saturated rings. The van der Waals surface area contributed by atoms with Gasteiger partial charge < -0.3 is 5.73 Å². The lowest BCUT2D eigenvalue weighted by atomic mass is 9.89. The number of nitrogens with two attached hydrogens (primary N) is 1. The number of fused-ring (bicyclic) bond motifs is 1.